The Morgan fingerprint density at radius 1 is 1.57 bits per heavy atom. The molecule has 0 saturated carbocycles. The van der Waals surface area contributed by atoms with Gasteiger partial charge in [0.15, 0.2) is 0 Å². The van der Waals surface area contributed by atoms with Gasteiger partial charge in [-0.3, -0.25) is 4.79 Å². The normalized spacial score (nSPS) is 27.5. The molecule has 1 saturated heterocycles. The smallest absolute Gasteiger partial charge is 0.308 e. The largest absolute Gasteiger partial charge is 0.481 e. The molecular formula is C11H21NO2. The Bertz CT molecular complexity index is 213. The summed E-state index contributed by atoms with van der Waals surface area (Å²) in [5.74, 6) is -0.849. The summed E-state index contributed by atoms with van der Waals surface area (Å²) in [4.78, 5) is 13.4. The van der Waals surface area contributed by atoms with Gasteiger partial charge in [-0.05, 0) is 31.3 Å². The third kappa shape index (κ3) is 2.47. The van der Waals surface area contributed by atoms with E-state index in [1.165, 1.54) is 0 Å². The minimum Gasteiger partial charge on any atom is -0.481 e. The topological polar surface area (TPSA) is 40.5 Å². The third-order valence-electron chi connectivity index (χ3n) is 3.29. The number of nitrogens with zero attached hydrogens (tertiary/aromatic N) is 1. The molecule has 0 radical (unpaired) electrons. The molecule has 1 aliphatic heterocycles. The summed E-state index contributed by atoms with van der Waals surface area (Å²) in [5.41, 5.74) is -0.0456. The highest BCUT2D eigenvalue weighted by atomic mass is 16.4. The van der Waals surface area contributed by atoms with Crippen LogP contribution in [0.2, 0.25) is 0 Å². The van der Waals surface area contributed by atoms with E-state index in [2.05, 4.69) is 25.7 Å². The van der Waals surface area contributed by atoms with Gasteiger partial charge in [0, 0.05) is 6.54 Å². The standard InChI is InChI=1S/C11H21NO2/c1-4-6-12-7-5-11(2,3)9(8-12)10(13)14/h9H,4-8H2,1-3H3,(H,13,14). The molecule has 1 unspecified atom stereocenters. The number of carboxylic acids is 1. The quantitative estimate of drug-likeness (QED) is 0.754. The average Bonchev–Trinajstić information content (AvgIpc) is 2.08. The molecule has 0 bridgehead atoms. The highest BCUT2D eigenvalue weighted by Crippen LogP contribution is 2.35. The highest BCUT2D eigenvalue weighted by Gasteiger charge is 2.39. The van der Waals surface area contributed by atoms with Crippen molar-refractivity contribution in [3.8, 4) is 0 Å². The van der Waals surface area contributed by atoms with Crippen LogP contribution in [0.5, 0.6) is 0 Å². The van der Waals surface area contributed by atoms with Gasteiger partial charge in [0.2, 0.25) is 0 Å². The van der Waals surface area contributed by atoms with Gasteiger partial charge in [-0.25, -0.2) is 0 Å². The SMILES string of the molecule is CCCN1CCC(C)(C)C(C(=O)O)C1. The zero-order chi connectivity index (χ0) is 10.8. The molecule has 82 valence electrons. The lowest BCUT2D eigenvalue weighted by Gasteiger charge is -2.41. The fourth-order valence-electron chi connectivity index (χ4n) is 2.15. The molecule has 1 rings (SSSR count). The van der Waals surface area contributed by atoms with Gasteiger partial charge in [-0.1, -0.05) is 20.8 Å². The third-order valence-corrected chi connectivity index (χ3v) is 3.29. The van der Waals surface area contributed by atoms with Gasteiger partial charge in [0.1, 0.15) is 0 Å². The monoisotopic (exact) mass is 199 g/mol. The van der Waals surface area contributed by atoms with Crippen molar-refractivity contribution in [3.63, 3.8) is 0 Å². The second kappa shape index (κ2) is 4.30. The van der Waals surface area contributed by atoms with E-state index in [0.29, 0.717) is 0 Å². The Balaban J connectivity index is 2.63. The molecule has 1 fully saturated rings. The number of hydrogen-bond acceptors (Lipinski definition) is 2. The number of hydrogen-bond donors (Lipinski definition) is 1. The maximum Gasteiger partial charge on any atom is 0.308 e. The first-order valence-electron chi connectivity index (χ1n) is 5.42. The Morgan fingerprint density at radius 3 is 2.71 bits per heavy atom. The van der Waals surface area contributed by atoms with Gasteiger partial charge < -0.3 is 10.0 Å². The molecule has 3 nitrogen and oxygen atoms in total. The minimum absolute atomic E-state index is 0.0456. The molecule has 0 spiro atoms. The highest BCUT2D eigenvalue weighted by molar-refractivity contribution is 5.71. The Hall–Kier alpha value is -0.570. The maximum absolute atomic E-state index is 11.1. The molecule has 0 aromatic heterocycles. The van der Waals surface area contributed by atoms with Gasteiger partial charge >= 0.3 is 5.97 Å². The van der Waals surface area contributed by atoms with Crippen molar-refractivity contribution in [1.29, 1.82) is 0 Å². The van der Waals surface area contributed by atoms with Crippen LogP contribution in [0.15, 0.2) is 0 Å². The molecule has 0 amide bonds. The molecule has 1 heterocycles. The van der Waals surface area contributed by atoms with Crippen molar-refractivity contribution in [3.05, 3.63) is 0 Å². The van der Waals surface area contributed by atoms with Crippen LogP contribution in [-0.2, 0) is 4.79 Å². The summed E-state index contributed by atoms with van der Waals surface area (Å²) < 4.78 is 0. The first kappa shape index (κ1) is 11.5. The number of carbonyl (C=O) groups is 1. The lowest BCUT2D eigenvalue weighted by atomic mass is 9.73. The number of likely N-dealkylation sites (tertiary alicyclic amines) is 1. The fourth-order valence-corrected chi connectivity index (χ4v) is 2.15. The van der Waals surface area contributed by atoms with E-state index in [0.717, 1.165) is 32.5 Å². The predicted octanol–water partition coefficient (Wildman–Crippen LogP) is 1.83. The molecule has 1 aliphatic rings. The van der Waals surface area contributed by atoms with Crippen LogP contribution in [0, 0.1) is 11.3 Å². The summed E-state index contributed by atoms with van der Waals surface area (Å²) in [6.45, 7) is 9.06. The first-order valence-corrected chi connectivity index (χ1v) is 5.42. The molecule has 1 N–H and O–H groups in total. The Morgan fingerprint density at radius 2 is 2.21 bits per heavy atom. The molecule has 0 aromatic rings. The molecule has 0 aliphatic carbocycles. The fraction of sp³-hybridized carbons (Fsp3) is 0.909. The van der Waals surface area contributed by atoms with Crippen molar-refractivity contribution in [1.82, 2.24) is 4.90 Å². The lowest BCUT2D eigenvalue weighted by Crippen LogP contribution is -2.48. The average molecular weight is 199 g/mol. The number of rotatable bonds is 3. The summed E-state index contributed by atoms with van der Waals surface area (Å²) in [7, 11) is 0. The van der Waals surface area contributed by atoms with E-state index < -0.39 is 5.97 Å². The minimum atomic E-state index is -0.643. The Kier molecular flexibility index (Phi) is 3.53. The van der Waals surface area contributed by atoms with Crippen LogP contribution in [0.25, 0.3) is 0 Å². The van der Waals surface area contributed by atoms with Crippen LogP contribution in [-0.4, -0.2) is 35.6 Å². The van der Waals surface area contributed by atoms with Gasteiger partial charge in [-0.15, -0.1) is 0 Å². The van der Waals surface area contributed by atoms with Crippen LogP contribution >= 0.6 is 0 Å². The van der Waals surface area contributed by atoms with Gasteiger partial charge in [-0.2, -0.15) is 0 Å². The number of carboxylic acid groups (broad SMARTS) is 1. The second-order valence-corrected chi connectivity index (χ2v) is 4.93. The van der Waals surface area contributed by atoms with E-state index in [-0.39, 0.29) is 11.3 Å². The van der Waals surface area contributed by atoms with Crippen LogP contribution in [0.4, 0.5) is 0 Å². The molecular weight excluding hydrogens is 178 g/mol. The van der Waals surface area contributed by atoms with Crippen LogP contribution < -0.4 is 0 Å². The van der Waals surface area contributed by atoms with Crippen molar-refractivity contribution < 1.29 is 9.90 Å². The van der Waals surface area contributed by atoms with Crippen molar-refractivity contribution in [2.75, 3.05) is 19.6 Å². The van der Waals surface area contributed by atoms with E-state index in [1.807, 2.05) is 0 Å². The van der Waals surface area contributed by atoms with Gasteiger partial charge in [0.05, 0.1) is 5.92 Å². The van der Waals surface area contributed by atoms with E-state index in [9.17, 15) is 4.79 Å². The van der Waals surface area contributed by atoms with Crippen molar-refractivity contribution >= 4 is 5.97 Å². The lowest BCUT2D eigenvalue weighted by molar-refractivity contribution is -0.149. The van der Waals surface area contributed by atoms with E-state index in [1.54, 1.807) is 0 Å². The first-order chi connectivity index (χ1) is 6.47. The maximum atomic E-state index is 11.1. The molecule has 3 heteroatoms. The van der Waals surface area contributed by atoms with E-state index in [4.69, 9.17) is 5.11 Å². The van der Waals surface area contributed by atoms with Gasteiger partial charge in [0.25, 0.3) is 0 Å². The summed E-state index contributed by atoms with van der Waals surface area (Å²) >= 11 is 0. The molecule has 0 aromatic carbocycles. The summed E-state index contributed by atoms with van der Waals surface area (Å²) in [6.07, 6.45) is 2.09. The molecule has 1 atom stereocenters. The predicted molar refractivity (Wildman–Crippen MR) is 56.3 cm³/mol. The number of aliphatic carboxylic acids is 1. The zero-order valence-electron chi connectivity index (χ0n) is 9.42. The van der Waals surface area contributed by atoms with Crippen LogP contribution in [0.1, 0.15) is 33.6 Å². The second-order valence-electron chi connectivity index (χ2n) is 4.93. The van der Waals surface area contributed by atoms with Crippen LogP contribution in [0.3, 0.4) is 0 Å². The van der Waals surface area contributed by atoms with Crippen molar-refractivity contribution in [2.45, 2.75) is 33.6 Å². The van der Waals surface area contributed by atoms with Crippen molar-refractivity contribution in [2.24, 2.45) is 11.3 Å². The summed E-state index contributed by atoms with van der Waals surface area (Å²) in [6, 6.07) is 0. The Labute approximate surface area is 86.1 Å². The number of piperidine rings is 1. The summed E-state index contributed by atoms with van der Waals surface area (Å²) in [5, 5.41) is 9.13. The zero-order valence-corrected chi connectivity index (χ0v) is 9.42. The molecule has 14 heavy (non-hydrogen) atoms. The van der Waals surface area contributed by atoms with E-state index >= 15 is 0 Å².